The standard InChI is InChI=1S/C21H23N5O/c1-14-19(15-7-9-22-10-8-15)25-21(26(2)20(14)27)24-13-18-11-16-5-3-4-6-17(16)12-23-18/h3-10,18,23H,11-13H2,1-2H3,(H,24,25)/t18-/m0/s1. The van der Waals surface area contributed by atoms with Crippen molar-refractivity contribution in [3.05, 3.63) is 75.8 Å². The van der Waals surface area contributed by atoms with Crippen molar-refractivity contribution in [3.63, 3.8) is 0 Å². The molecule has 2 aromatic heterocycles. The van der Waals surface area contributed by atoms with Crippen LogP contribution in [0.1, 0.15) is 16.7 Å². The summed E-state index contributed by atoms with van der Waals surface area (Å²) in [5.74, 6) is 0.582. The maximum absolute atomic E-state index is 12.6. The van der Waals surface area contributed by atoms with Crippen LogP contribution >= 0.6 is 0 Å². The molecule has 0 aliphatic carbocycles. The van der Waals surface area contributed by atoms with E-state index in [1.165, 1.54) is 11.1 Å². The molecule has 3 heterocycles. The van der Waals surface area contributed by atoms with Gasteiger partial charge in [0.05, 0.1) is 5.69 Å². The van der Waals surface area contributed by atoms with E-state index >= 15 is 0 Å². The summed E-state index contributed by atoms with van der Waals surface area (Å²) in [6.45, 7) is 3.38. The first kappa shape index (κ1) is 17.4. The maximum Gasteiger partial charge on any atom is 0.258 e. The highest BCUT2D eigenvalue weighted by atomic mass is 16.1. The van der Waals surface area contributed by atoms with Gasteiger partial charge in [0.25, 0.3) is 5.56 Å². The van der Waals surface area contributed by atoms with Gasteiger partial charge in [-0.25, -0.2) is 4.98 Å². The summed E-state index contributed by atoms with van der Waals surface area (Å²) >= 11 is 0. The van der Waals surface area contributed by atoms with Crippen LogP contribution in [0.25, 0.3) is 11.3 Å². The zero-order valence-electron chi connectivity index (χ0n) is 15.6. The average Bonchev–Trinajstić information content (AvgIpc) is 2.72. The number of hydrogen-bond donors (Lipinski definition) is 2. The van der Waals surface area contributed by atoms with Crippen LogP contribution in [0.3, 0.4) is 0 Å². The Hall–Kier alpha value is -2.99. The molecule has 138 valence electrons. The highest BCUT2D eigenvalue weighted by molar-refractivity contribution is 5.63. The van der Waals surface area contributed by atoms with Gasteiger partial charge in [0, 0.05) is 49.7 Å². The predicted octanol–water partition coefficient (Wildman–Crippen LogP) is 2.28. The molecule has 0 amide bonds. The lowest BCUT2D eigenvalue weighted by Crippen LogP contribution is -2.41. The minimum atomic E-state index is -0.0405. The van der Waals surface area contributed by atoms with Gasteiger partial charge < -0.3 is 10.6 Å². The van der Waals surface area contributed by atoms with Crippen molar-refractivity contribution >= 4 is 5.95 Å². The third kappa shape index (κ3) is 3.48. The number of fused-ring (bicyclic) bond motifs is 1. The van der Waals surface area contributed by atoms with Gasteiger partial charge in [-0.2, -0.15) is 0 Å². The predicted molar refractivity (Wildman–Crippen MR) is 107 cm³/mol. The number of aromatic nitrogens is 3. The monoisotopic (exact) mass is 361 g/mol. The van der Waals surface area contributed by atoms with Crippen molar-refractivity contribution < 1.29 is 0 Å². The normalized spacial score (nSPS) is 16.0. The highest BCUT2D eigenvalue weighted by Crippen LogP contribution is 2.20. The van der Waals surface area contributed by atoms with Crippen LogP contribution in [-0.4, -0.2) is 27.1 Å². The Labute approximate surface area is 158 Å². The van der Waals surface area contributed by atoms with E-state index in [4.69, 9.17) is 4.98 Å². The van der Waals surface area contributed by atoms with Crippen LogP contribution < -0.4 is 16.2 Å². The van der Waals surface area contributed by atoms with E-state index in [0.29, 0.717) is 29.8 Å². The number of hydrogen-bond acceptors (Lipinski definition) is 5. The summed E-state index contributed by atoms with van der Waals surface area (Å²) in [4.78, 5) is 21.4. The number of nitrogens with zero attached hydrogens (tertiary/aromatic N) is 3. The van der Waals surface area contributed by atoms with E-state index in [1.807, 2.05) is 19.1 Å². The van der Waals surface area contributed by atoms with Gasteiger partial charge in [0.1, 0.15) is 0 Å². The van der Waals surface area contributed by atoms with Gasteiger partial charge in [-0.15, -0.1) is 0 Å². The van der Waals surface area contributed by atoms with Crippen molar-refractivity contribution in [3.8, 4) is 11.3 Å². The molecule has 2 N–H and O–H groups in total. The fourth-order valence-electron chi connectivity index (χ4n) is 3.54. The van der Waals surface area contributed by atoms with Gasteiger partial charge in [0.15, 0.2) is 0 Å². The smallest absolute Gasteiger partial charge is 0.258 e. The lowest BCUT2D eigenvalue weighted by molar-refractivity contribution is 0.495. The van der Waals surface area contributed by atoms with Gasteiger partial charge in [-0.3, -0.25) is 14.3 Å². The third-order valence-corrected chi connectivity index (χ3v) is 5.14. The second-order valence-corrected chi connectivity index (χ2v) is 6.94. The lowest BCUT2D eigenvalue weighted by atomic mass is 9.96. The first-order valence-electron chi connectivity index (χ1n) is 9.15. The van der Waals surface area contributed by atoms with Crippen molar-refractivity contribution in [2.24, 2.45) is 7.05 Å². The Balaban J connectivity index is 1.56. The molecule has 0 radical (unpaired) electrons. The molecule has 0 spiro atoms. The first-order chi connectivity index (χ1) is 13.1. The Bertz CT molecular complexity index is 1010. The minimum Gasteiger partial charge on any atom is -0.354 e. The Morgan fingerprint density at radius 1 is 1.19 bits per heavy atom. The Morgan fingerprint density at radius 2 is 1.93 bits per heavy atom. The second kappa shape index (κ2) is 7.32. The zero-order valence-corrected chi connectivity index (χ0v) is 15.6. The molecule has 0 unspecified atom stereocenters. The maximum atomic E-state index is 12.6. The molecule has 1 aliphatic heterocycles. The highest BCUT2D eigenvalue weighted by Gasteiger charge is 2.19. The van der Waals surface area contributed by atoms with Gasteiger partial charge in [0.2, 0.25) is 5.95 Å². The van der Waals surface area contributed by atoms with Crippen molar-refractivity contribution in [2.45, 2.75) is 25.9 Å². The summed E-state index contributed by atoms with van der Waals surface area (Å²) in [7, 11) is 1.75. The van der Waals surface area contributed by atoms with Crippen LogP contribution in [0, 0.1) is 6.92 Å². The molecule has 0 saturated carbocycles. The SMILES string of the molecule is Cc1c(-c2ccncc2)nc(NC[C@@H]2Cc3ccccc3CN2)n(C)c1=O. The summed E-state index contributed by atoms with van der Waals surface area (Å²) in [6, 6.07) is 12.5. The lowest BCUT2D eigenvalue weighted by Gasteiger charge is -2.26. The van der Waals surface area contributed by atoms with E-state index in [-0.39, 0.29) is 5.56 Å². The Kier molecular flexibility index (Phi) is 4.73. The quantitative estimate of drug-likeness (QED) is 0.746. The van der Waals surface area contributed by atoms with E-state index in [9.17, 15) is 4.79 Å². The summed E-state index contributed by atoms with van der Waals surface area (Å²) in [5, 5.41) is 6.92. The largest absolute Gasteiger partial charge is 0.354 e. The number of benzene rings is 1. The van der Waals surface area contributed by atoms with E-state index in [2.05, 4.69) is 39.9 Å². The third-order valence-electron chi connectivity index (χ3n) is 5.14. The van der Waals surface area contributed by atoms with Crippen LogP contribution in [0.15, 0.2) is 53.6 Å². The molecular weight excluding hydrogens is 338 g/mol. The summed E-state index contributed by atoms with van der Waals surface area (Å²) < 4.78 is 1.58. The topological polar surface area (TPSA) is 71.8 Å². The molecule has 0 bridgehead atoms. The van der Waals surface area contributed by atoms with E-state index in [1.54, 1.807) is 24.0 Å². The molecule has 1 aliphatic rings. The molecule has 6 nitrogen and oxygen atoms in total. The summed E-state index contributed by atoms with van der Waals surface area (Å²) in [6.07, 6.45) is 4.38. The second-order valence-electron chi connectivity index (χ2n) is 6.94. The molecule has 0 saturated heterocycles. The minimum absolute atomic E-state index is 0.0405. The fourth-order valence-corrected chi connectivity index (χ4v) is 3.54. The van der Waals surface area contributed by atoms with Crippen molar-refractivity contribution in [1.29, 1.82) is 0 Å². The number of nitrogens with one attached hydrogen (secondary N) is 2. The first-order valence-corrected chi connectivity index (χ1v) is 9.15. The molecule has 6 heteroatoms. The number of pyridine rings is 1. The van der Waals surface area contributed by atoms with Gasteiger partial charge >= 0.3 is 0 Å². The number of anilines is 1. The van der Waals surface area contributed by atoms with Crippen LogP contribution in [0.5, 0.6) is 0 Å². The average molecular weight is 361 g/mol. The fraction of sp³-hybridized carbons (Fsp3) is 0.286. The summed E-state index contributed by atoms with van der Waals surface area (Å²) in [5.41, 5.74) is 4.93. The van der Waals surface area contributed by atoms with E-state index in [0.717, 1.165) is 18.5 Å². The van der Waals surface area contributed by atoms with Crippen molar-refractivity contribution in [1.82, 2.24) is 19.9 Å². The van der Waals surface area contributed by atoms with Crippen molar-refractivity contribution in [2.75, 3.05) is 11.9 Å². The zero-order chi connectivity index (χ0) is 18.8. The Morgan fingerprint density at radius 3 is 2.70 bits per heavy atom. The van der Waals surface area contributed by atoms with Gasteiger partial charge in [-0.05, 0) is 36.6 Å². The molecule has 0 fully saturated rings. The molecule has 27 heavy (non-hydrogen) atoms. The molecular formula is C21H23N5O. The van der Waals surface area contributed by atoms with Crippen LogP contribution in [0.4, 0.5) is 5.95 Å². The molecule has 4 rings (SSSR count). The molecule has 1 atom stereocenters. The van der Waals surface area contributed by atoms with Crippen LogP contribution in [-0.2, 0) is 20.0 Å². The van der Waals surface area contributed by atoms with Gasteiger partial charge in [-0.1, -0.05) is 24.3 Å². The van der Waals surface area contributed by atoms with E-state index < -0.39 is 0 Å². The number of rotatable bonds is 4. The molecule has 1 aromatic carbocycles. The van der Waals surface area contributed by atoms with Crippen LogP contribution in [0.2, 0.25) is 0 Å². The molecule has 3 aromatic rings.